The van der Waals surface area contributed by atoms with Crippen LogP contribution >= 0.6 is 0 Å². The largest absolute Gasteiger partial charge is 0.306 e. The Morgan fingerprint density at radius 3 is 2.59 bits per heavy atom. The van der Waals surface area contributed by atoms with Gasteiger partial charge in [-0.05, 0) is 51.4 Å². The van der Waals surface area contributed by atoms with E-state index in [0.717, 1.165) is 0 Å². The zero-order valence-corrected chi connectivity index (χ0v) is 11.1. The van der Waals surface area contributed by atoms with Gasteiger partial charge in [0.15, 0.2) is 0 Å². The summed E-state index contributed by atoms with van der Waals surface area (Å²) in [6.45, 7) is 9.17. The Bertz CT molecular complexity index is 337. The average molecular weight is 233 g/mol. The Morgan fingerprint density at radius 1 is 1.29 bits per heavy atom. The lowest BCUT2D eigenvalue weighted by atomic mass is 10.1. The first-order chi connectivity index (χ1) is 8.16. The highest BCUT2D eigenvalue weighted by molar-refractivity contribution is 5.14. The Hall–Kier alpha value is -0.930. The number of nitrogens with zero attached hydrogens (tertiary/aromatic N) is 2. The predicted octanol–water partition coefficient (Wildman–Crippen LogP) is 2.21. The summed E-state index contributed by atoms with van der Waals surface area (Å²) in [7, 11) is 0. The lowest BCUT2D eigenvalue weighted by Gasteiger charge is -2.22. The van der Waals surface area contributed by atoms with E-state index in [1.165, 1.54) is 25.1 Å². The summed E-state index contributed by atoms with van der Waals surface area (Å²) in [5.41, 5.74) is 1.32. The van der Waals surface area contributed by atoms with Crippen LogP contribution in [0.2, 0.25) is 0 Å². The average Bonchev–Trinajstić information content (AvgIpc) is 2.79. The summed E-state index contributed by atoms with van der Waals surface area (Å²) in [5, 5.41) is 3.71. The maximum absolute atomic E-state index is 4.06. The van der Waals surface area contributed by atoms with E-state index in [1.807, 2.05) is 12.4 Å². The first-order valence-corrected chi connectivity index (χ1v) is 6.57. The SMILES string of the molecule is CC(NC1CCN(C(C)C)C1)c1ccncc1. The molecule has 0 aromatic carbocycles. The Kier molecular flexibility index (Phi) is 4.13. The molecule has 2 heterocycles. The molecule has 2 unspecified atom stereocenters. The second-order valence-corrected chi connectivity index (χ2v) is 5.24. The molecule has 17 heavy (non-hydrogen) atoms. The molecule has 1 aliphatic heterocycles. The summed E-state index contributed by atoms with van der Waals surface area (Å²) < 4.78 is 0. The fourth-order valence-corrected chi connectivity index (χ4v) is 2.49. The molecule has 1 saturated heterocycles. The number of rotatable bonds is 4. The molecule has 2 atom stereocenters. The van der Waals surface area contributed by atoms with Crippen molar-refractivity contribution in [2.75, 3.05) is 13.1 Å². The summed E-state index contributed by atoms with van der Waals surface area (Å²) in [6, 6.07) is 5.88. The minimum Gasteiger partial charge on any atom is -0.306 e. The molecule has 1 N–H and O–H groups in total. The minimum absolute atomic E-state index is 0.412. The Balaban J connectivity index is 1.86. The third kappa shape index (κ3) is 3.27. The van der Waals surface area contributed by atoms with Gasteiger partial charge in [-0.2, -0.15) is 0 Å². The highest BCUT2D eigenvalue weighted by Gasteiger charge is 2.25. The van der Waals surface area contributed by atoms with Crippen molar-refractivity contribution >= 4 is 0 Å². The second-order valence-electron chi connectivity index (χ2n) is 5.24. The summed E-state index contributed by atoms with van der Waals surface area (Å²) in [6.07, 6.45) is 4.98. The molecule has 0 radical (unpaired) electrons. The van der Waals surface area contributed by atoms with Crippen molar-refractivity contribution in [3.05, 3.63) is 30.1 Å². The number of nitrogens with one attached hydrogen (secondary N) is 1. The van der Waals surface area contributed by atoms with E-state index >= 15 is 0 Å². The standard InChI is InChI=1S/C14H23N3/c1-11(2)17-9-6-14(10-17)16-12(3)13-4-7-15-8-5-13/h4-5,7-8,11-12,14,16H,6,9-10H2,1-3H3. The monoisotopic (exact) mass is 233 g/mol. The molecule has 3 heteroatoms. The van der Waals surface area contributed by atoms with Crippen LogP contribution in [0.5, 0.6) is 0 Å². The Morgan fingerprint density at radius 2 is 2.00 bits per heavy atom. The molecule has 1 aliphatic rings. The molecule has 2 rings (SSSR count). The molecule has 1 aromatic heterocycles. The van der Waals surface area contributed by atoms with Crippen LogP contribution < -0.4 is 5.32 Å². The smallest absolute Gasteiger partial charge is 0.0296 e. The number of hydrogen-bond donors (Lipinski definition) is 1. The van der Waals surface area contributed by atoms with Gasteiger partial charge in [-0.15, -0.1) is 0 Å². The van der Waals surface area contributed by atoms with Gasteiger partial charge in [0.2, 0.25) is 0 Å². The Labute approximate surface area is 104 Å². The van der Waals surface area contributed by atoms with Crippen molar-refractivity contribution < 1.29 is 0 Å². The van der Waals surface area contributed by atoms with Crippen molar-refractivity contribution in [3.8, 4) is 0 Å². The van der Waals surface area contributed by atoms with Gasteiger partial charge in [-0.25, -0.2) is 0 Å². The van der Waals surface area contributed by atoms with Crippen molar-refractivity contribution in [2.24, 2.45) is 0 Å². The third-order valence-electron chi connectivity index (χ3n) is 3.64. The van der Waals surface area contributed by atoms with Crippen molar-refractivity contribution in [1.82, 2.24) is 15.2 Å². The van der Waals surface area contributed by atoms with Crippen LogP contribution in [0.25, 0.3) is 0 Å². The molecule has 0 aliphatic carbocycles. The lowest BCUT2D eigenvalue weighted by molar-refractivity contribution is 0.266. The van der Waals surface area contributed by atoms with Gasteiger partial charge in [0.25, 0.3) is 0 Å². The number of aromatic nitrogens is 1. The third-order valence-corrected chi connectivity index (χ3v) is 3.64. The van der Waals surface area contributed by atoms with Crippen LogP contribution in [-0.2, 0) is 0 Å². The van der Waals surface area contributed by atoms with Crippen LogP contribution in [0.15, 0.2) is 24.5 Å². The van der Waals surface area contributed by atoms with Gasteiger partial charge in [0.05, 0.1) is 0 Å². The van der Waals surface area contributed by atoms with E-state index in [0.29, 0.717) is 18.1 Å². The predicted molar refractivity (Wildman–Crippen MR) is 70.9 cm³/mol. The fourth-order valence-electron chi connectivity index (χ4n) is 2.49. The first kappa shape index (κ1) is 12.5. The van der Waals surface area contributed by atoms with E-state index in [1.54, 1.807) is 0 Å². The van der Waals surface area contributed by atoms with E-state index in [4.69, 9.17) is 0 Å². The van der Waals surface area contributed by atoms with Crippen LogP contribution in [0.1, 0.15) is 38.8 Å². The van der Waals surface area contributed by atoms with Gasteiger partial charge < -0.3 is 5.32 Å². The van der Waals surface area contributed by atoms with Crippen molar-refractivity contribution in [3.63, 3.8) is 0 Å². The number of hydrogen-bond acceptors (Lipinski definition) is 3. The lowest BCUT2D eigenvalue weighted by Crippen LogP contribution is -2.36. The maximum atomic E-state index is 4.06. The molecule has 0 spiro atoms. The minimum atomic E-state index is 0.412. The molecule has 0 saturated carbocycles. The zero-order chi connectivity index (χ0) is 12.3. The molecule has 3 nitrogen and oxygen atoms in total. The molecular formula is C14H23N3. The molecule has 0 amide bonds. The van der Waals surface area contributed by atoms with E-state index < -0.39 is 0 Å². The maximum Gasteiger partial charge on any atom is 0.0296 e. The highest BCUT2D eigenvalue weighted by Crippen LogP contribution is 2.17. The van der Waals surface area contributed by atoms with Gasteiger partial charge in [0.1, 0.15) is 0 Å². The normalized spacial score (nSPS) is 23.2. The molecule has 1 fully saturated rings. The molecule has 0 bridgehead atoms. The molecule has 1 aromatic rings. The van der Waals surface area contributed by atoms with Crippen molar-refractivity contribution in [2.45, 2.75) is 45.3 Å². The van der Waals surface area contributed by atoms with Crippen molar-refractivity contribution in [1.29, 1.82) is 0 Å². The summed E-state index contributed by atoms with van der Waals surface area (Å²) in [4.78, 5) is 6.60. The topological polar surface area (TPSA) is 28.2 Å². The van der Waals surface area contributed by atoms with E-state index in [2.05, 4.69) is 48.1 Å². The van der Waals surface area contributed by atoms with Crippen LogP contribution in [-0.4, -0.2) is 35.1 Å². The molecular weight excluding hydrogens is 210 g/mol. The van der Waals surface area contributed by atoms with Gasteiger partial charge in [0, 0.05) is 37.1 Å². The second kappa shape index (κ2) is 5.61. The van der Waals surface area contributed by atoms with Crippen LogP contribution in [0.3, 0.4) is 0 Å². The molecule has 94 valence electrons. The van der Waals surface area contributed by atoms with E-state index in [9.17, 15) is 0 Å². The van der Waals surface area contributed by atoms with Crippen LogP contribution in [0, 0.1) is 0 Å². The first-order valence-electron chi connectivity index (χ1n) is 6.57. The number of pyridine rings is 1. The van der Waals surface area contributed by atoms with Gasteiger partial charge in [-0.1, -0.05) is 0 Å². The zero-order valence-electron chi connectivity index (χ0n) is 11.1. The fraction of sp³-hybridized carbons (Fsp3) is 0.643. The number of likely N-dealkylation sites (tertiary alicyclic amines) is 1. The summed E-state index contributed by atoms with van der Waals surface area (Å²) in [5.74, 6) is 0. The van der Waals surface area contributed by atoms with E-state index in [-0.39, 0.29) is 0 Å². The quantitative estimate of drug-likeness (QED) is 0.864. The van der Waals surface area contributed by atoms with Crippen LogP contribution in [0.4, 0.5) is 0 Å². The summed E-state index contributed by atoms with van der Waals surface area (Å²) >= 11 is 0. The van der Waals surface area contributed by atoms with Gasteiger partial charge in [-0.3, -0.25) is 9.88 Å². The highest BCUT2D eigenvalue weighted by atomic mass is 15.2. The van der Waals surface area contributed by atoms with Gasteiger partial charge >= 0.3 is 0 Å².